The van der Waals surface area contributed by atoms with Gasteiger partial charge in [-0.15, -0.1) is 5.10 Å². The van der Waals surface area contributed by atoms with E-state index in [0.29, 0.717) is 16.9 Å². The number of aromatic nitrogens is 3. The third-order valence-electron chi connectivity index (χ3n) is 2.87. The van der Waals surface area contributed by atoms with Crippen LogP contribution in [0, 0.1) is 5.92 Å². The maximum atomic E-state index is 5.88. The van der Waals surface area contributed by atoms with E-state index in [4.69, 9.17) is 16.3 Å². The smallest absolute Gasteiger partial charge is 0.243 e. The summed E-state index contributed by atoms with van der Waals surface area (Å²) in [6, 6.07) is 3.65. The number of hydrogen-bond donors (Lipinski definition) is 1. The third kappa shape index (κ3) is 2.35. The van der Waals surface area contributed by atoms with Crippen LogP contribution in [0.5, 0.6) is 0 Å². The van der Waals surface area contributed by atoms with Gasteiger partial charge in [0.1, 0.15) is 0 Å². The standard InChI is InChI=1S/C11H13ClN4O/c12-9-1-2-10-14-11(15-16(10)6-9)13-5-8-3-4-17-7-8/h1-2,6,8H,3-5,7H2,(H,13,15). The molecule has 90 valence electrons. The lowest BCUT2D eigenvalue weighted by Gasteiger charge is -2.06. The first kappa shape index (κ1) is 10.8. The molecule has 1 atom stereocenters. The molecule has 0 saturated carbocycles. The van der Waals surface area contributed by atoms with E-state index in [-0.39, 0.29) is 0 Å². The minimum absolute atomic E-state index is 0.560. The van der Waals surface area contributed by atoms with E-state index >= 15 is 0 Å². The molecule has 1 N–H and O–H groups in total. The Hall–Kier alpha value is -1.33. The first-order valence-corrected chi connectivity index (χ1v) is 6.02. The summed E-state index contributed by atoms with van der Waals surface area (Å²) in [6.07, 6.45) is 2.85. The van der Waals surface area contributed by atoms with E-state index in [2.05, 4.69) is 15.4 Å². The lowest BCUT2D eigenvalue weighted by molar-refractivity contribution is 0.187. The zero-order chi connectivity index (χ0) is 11.7. The molecule has 0 aromatic carbocycles. The fourth-order valence-electron chi connectivity index (χ4n) is 1.91. The van der Waals surface area contributed by atoms with Gasteiger partial charge in [0.25, 0.3) is 0 Å². The first-order valence-electron chi connectivity index (χ1n) is 5.65. The highest BCUT2D eigenvalue weighted by molar-refractivity contribution is 6.30. The summed E-state index contributed by atoms with van der Waals surface area (Å²) in [7, 11) is 0. The average molecular weight is 253 g/mol. The predicted octanol–water partition coefficient (Wildman–Crippen LogP) is 1.83. The van der Waals surface area contributed by atoms with E-state index in [1.54, 1.807) is 16.8 Å². The van der Waals surface area contributed by atoms with Gasteiger partial charge >= 0.3 is 0 Å². The fraction of sp³-hybridized carbons (Fsp3) is 0.455. The summed E-state index contributed by atoms with van der Waals surface area (Å²) in [5.41, 5.74) is 0.791. The molecule has 0 amide bonds. The van der Waals surface area contributed by atoms with Crippen molar-refractivity contribution >= 4 is 23.2 Å². The maximum absolute atomic E-state index is 5.88. The summed E-state index contributed by atoms with van der Waals surface area (Å²) in [5.74, 6) is 1.20. The highest BCUT2D eigenvalue weighted by Gasteiger charge is 2.15. The summed E-state index contributed by atoms with van der Waals surface area (Å²) < 4.78 is 6.99. The van der Waals surface area contributed by atoms with Crippen LogP contribution in [-0.4, -0.2) is 34.4 Å². The number of fused-ring (bicyclic) bond motifs is 1. The van der Waals surface area contributed by atoms with Gasteiger partial charge in [-0.1, -0.05) is 11.6 Å². The van der Waals surface area contributed by atoms with Crippen molar-refractivity contribution < 1.29 is 4.74 Å². The minimum atomic E-state index is 0.560. The Morgan fingerprint density at radius 1 is 1.53 bits per heavy atom. The van der Waals surface area contributed by atoms with Gasteiger partial charge in [-0.25, -0.2) is 4.52 Å². The van der Waals surface area contributed by atoms with Gasteiger partial charge in [-0.3, -0.25) is 0 Å². The van der Waals surface area contributed by atoms with E-state index in [1.165, 1.54) is 0 Å². The zero-order valence-electron chi connectivity index (χ0n) is 9.27. The van der Waals surface area contributed by atoms with Gasteiger partial charge in [-0.05, 0) is 18.6 Å². The molecular formula is C11H13ClN4O. The lowest BCUT2D eigenvalue weighted by Crippen LogP contribution is -2.14. The summed E-state index contributed by atoms with van der Waals surface area (Å²) in [6.45, 7) is 2.54. The van der Waals surface area contributed by atoms with Crippen molar-refractivity contribution in [2.45, 2.75) is 6.42 Å². The first-order chi connectivity index (χ1) is 8.31. The Morgan fingerprint density at radius 2 is 2.47 bits per heavy atom. The van der Waals surface area contributed by atoms with Crippen molar-refractivity contribution in [1.29, 1.82) is 0 Å². The summed E-state index contributed by atoms with van der Waals surface area (Å²) in [4.78, 5) is 4.36. The number of nitrogens with one attached hydrogen (secondary N) is 1. The molecule has 17 heavy (non-hydrogen) atoms. The molecule has 2 aromatic rings. The number of rotatable bonds is 3. The molecule has 0 bridgehead atoms. The fourth-order valence-corrected chi connectivity index (χ4v) is 2.07. The second-order valence-electron chi connectivity index (χ2n) is 4.20. The molecule has 6 heteroatoms. The summed E-state index contributed by atoms with van der Waals surface area (Å²) >= 11 is 5.88. The van der Waals surface area contributed by atoms with Gasteiger partial charge in [0.05, 0.1) is 11.6 Å². The topological polar surface area (TPSA) is 51.5 Å². The molecule has 0 spiro atoms. The van der Waals surface area contributed by atoms with Crippen LogP contribution in [0.4, 0.5) is 5.95 Å². The SMILES string of the molecule is Clc1ccc2nc(NCC3CCOC3)nn2c1. The largest absolute Gasteiger partial charge is 0.381 e. The lowest BCUT2D eigenvalue weighted by atomic mass is 10.1. The summed E-state index contributed by atoms with van der Waals surface area (Å²) in [5, 5.41) is 8.18. The van der Waals surface area contributed by atoms with Crippen LogP contribution < -0.4 is 5.32 Å². The molecule has 1 aliphatic heterocycles. The number of ether oxygens (including phenoxy) is 1. The molecule has 2 aromatic heterocycles. The molecule has 0 aliphatic carbocycles. The maximum Gasteiger partial charge on any atom is 0.243 e. The van der Waals surface area contributed by atoms with Crippen molar-refractivity contribution in [3.63, 3.8) is 0 Å². The molecule has 1 saturated heterocycles. The predicted molar refractivity (Wildman–Crippen MR) is 65.4 cm³/mol. The van der Waals surface area contributed by atoms with Gasteiger partial charge in [0.2, 0.25) is 5.95 Å². The number of anilines is 1. The van der Waals surface area contributed by atoms with E-state index in [9.17, 15) is 0 Å². The number of halogens is 1. The third-order valence-corrected chi connectivity index (χ3v) is 3.09. The van der Waals surface area contributed by atoms with Gasteiger partial charge in [0, 0.05) is 25.3 Å². The number of nitrogens with zero attached hydrogens (tertiary/aromatic N) is 3. The highest BCUT2D eigenvalue weighted by atomic mass is 35.5. The quantitative estimate of drug-likeness (QED) is 0.906. The van der Waals surface area contributed by atoms with Crippen molar-refractivity contribution in [2.75, 3.05) is 25.1 Å². The van der Waals surface area contributed by atoms with Crippen LogP contribution in [0.2, 0.25) is 5.02 Å². The molecule has 1 aliphatic rings. The molecule has 3 rings (SSSR count). The zero-order valence-corrected chi connectivity index (χ0v) is 10.0. The molecular weight excluding hydrogens is 240 g/mol. The second kappa shape index (κ2) is 4.50. The van der Waals surface area contributed by atoms with E-state index in [1.807, 2.05) is 6.07 Å². The molecule has 0 radical (unpaired) electrons. The van der Waals surface area contributed by atoms with Crippen molar-refractivity contribution in [3.8, 4) is 0 Å². The van der Waals surface area contributed by atoms with Crippen LogP contribution in [0.1, 0.15) is 6.42 Å². The van der Waals surface area contributed by atoms with Crippen molar-refractivity contribution in [1.82, 2.24) is 14.6 Å². The average Bonchev–Trinajstić information content (AvgIpc) is 2.94. The Morgan fingerprint density at radius 3 is 3.29 bits per heavy atom. The number of pyridine rings is 1. The van der Waals surface area contributed by atoms with Crippen LogP contribution in [-0.2, 0) is 4.74 Å². The molecule has 1 unspecified atom stereocenters. The Bertz CT molecular complexity index is 521. The Balaban J connectivity index is 1.72. The van der Waals surface area contributed by atoms with Gasteiger partial charge in [0.15, 0.2) is 5.65 Å². The Kier molecular flexibility index (Phi) is 2.86. The molecule has 1 fully saturated rings. The van der Waals surface area contributed by atoms with E-state index in [0.717, 1.165) is 31.8 Å². The van der Waals surface area contributed by atoms with Gasteiger partial charge < -0.3 is 10.1 Å². The molecule has 3 heterocycles. The van der Waals surface area contributed by atoms with Crippen LogP contribution >= 0.6 is 11.6 Å². The monoisotopic (exact) mass is 252 g/mol. The van der Waals surface area contributed by atoms with Crippen LogP contribution in [0.15, 0.2) is 18.3 Å². The van der Waals surface area contributed by atoms with Crippen molar-refractivity contribution in [2.24, 2.45) is 5.92 Å². The van der Waals surface area contributed by atoms with E-state index < -0.39 is 0 Å². The van der Waals surface area contributed by atoms with Crippen LogP contribution in [0.25, 0.3) is 5.65 Å². The minimum Gasteiger partial charge on any atom is -0.381 e. The van der Waals surface area contributed by atoms with Gasteiger partial charge in [-0.2, -0.15) is 4.98 Å². The van der Waals surface area contributed by atoms with Crippen LogP contribution in [0.3, 0.4) is 0 Å². The Labute approximate surface area is 104 Å². The molecule has 5 nitrogen and oxygen atoms in total. The second-order valence-corrected chi connectivity index (χ2v) is 4.63. The number of hydrogen-bond acceptors (Lipinski definition) is 4. The van der Waals surface area contributed by atoms with Crippen molar-refractivity contribution in [3.05, 3.63) is 23.4 Å². The highest BCUT2D eigenvalue weighted by Crippen LogP contribution is 2.14. The normalized spacial score (nSPS) is 19.9.